The number of urea groups is 2. The van der Waals surface area contributed by atoms with Gasteiger partial charge in [-0.15, -0.1) is 0 Å². The summed E-state index contributed by atoms with van der Waals surface area (Å²) in [5.74, 6) is 0.299. The second kappa shape index (κ2) is 6.11. The third kappa shape index (κ3) is 5.17. The first-order chi connectivity index (χ1) is 8.08. The molecule has 5 N–H and O–H groups in total. The Kier molecular flexibility index (Phi) is 4.49. The number of carbonyl (C=O) groups excluding carboxylic acids is 2. The molecule has 7 heteroatoms. The van der Waals surface area contributed by atoms with Gasteiger partial charge in [-0.05, 0) is 19.1 Å². The van der Waals surface area contributed by atoms with Crippen LogP contribution in [0, 0.1) is 0 Å². The minimum Gasteiger partial charge on any atom is -0.351 e. The van der Waals surface area contributed by atoms with Crippen molar-refractivity contribution in [1.82, 2.24) is 10.6 Å². The largest absolute Gasteiger partial charge is 0.351 e. The molecule has 17 heavy (non-hydrogen) atoms. The molecule has 0 unspecified atom stereocenters. The van der Waals surface area contributed by atoms with Gasteiger partial charge in [0.15, 0.2) is 0 Å². The third-order valence-electron chi connectivity index (χ3n) is 1.66. The number of hydrogen-bond donors (Lipinski definition) is 4. The minimum absolute atomic E-state index is 0.299. The molecule has 90 valence electrons. The number of imide groups is 1. The Morgan fingerprint density at radius 2 is 1.82 bits per heavy atom. The summed E-state index contributed by atoms with van der Waals surface area (Å²) in [6, 6.07) is 7.56. The standard InChI is InChI=1S/C10H13N5O2/c1-7(12-10(17)13-9(11)16)14-15-8-5-3-2-4-6-8/h2-6,15H,1H3,(H4,11,12,13,14,16,17). The quantitative estimate of drug-likeness (QED) is 0.346. The van der Waals surface area contributed by atoms with Crippen LogP contribution in [0.3, 0.4) is 0 Å². The molecule has 0 bridgehead atoms. The van der Waals surface area contributed by atoms with E-state index in [0.717, 1.165) is 5.69 Å². The summed E-state index contributed by atoms with van der Waals surface area (Å²) in [5, 5.41) is 8.05. The van der Waals surface area contributed by atoms with Crippen molar-refractivity contribution in [3.63, 3.8) is 0 Å². The van der Waals surface area contributed by atoms with E-state index in [1.165, 1.54) is 0 Å². The van der Waals surface area contributed by atoms with E-state index < -0.39 is 12.1 Å². The summed E-state index contributed by atoms with van der Waals surface area (Å²) >= 11 is 0. The van der Waals surface area contributed by atoms with Gasteiger partial charge in [-0.3, -0.25) is 16.1 Å². The van der Waals surface area contributed by atoms with Gasteiger partial charge in [0.2, 0.25) is 0 Å². The topological polar surface area (TPSA) is 109 Å². The summed E-state index contributed by atoms with van der Waals surface area (Å²) in [5.41, 5.74) is 8.28. The van der Waals surface area contributed by atoms with E-state index in [0.29, 0.717) is 5.84 Å². The molecule has 1 aromatic rings. The molecule has 0 atom stereocenters. The minimum atomic E-state index is -0.925. The number of hydrogen-bond acceptors (Lipinski definition) is 4. The maximum absolute atomic E-state index is 11.0. The van der Waals surface area contributed by atoms with E-state index in [2.05, 4.69) is 15.8 Å². The zero-order chi connectivity index (χ0) is 12.7. The van der Waals surface area contributed by atoms with Crippen LogP contribution in [0.15, 0.2) is 35.4 Å². The van der Waals surface area contributed by atoms with Crippen LogP contribution in [0.25, 0.3) is 0 Å². The summed E-state index contributed by atoms with van der Waals surface area (Å²) < 4.78 is 0. The van der Waals surface area contributed by atoms with Gasteiger partial charge >= 0.3 is 12.1 Å². The first-order valence-corrected chi connectivity index (χ1v) is 4.80. The van der Waals surface area contributed by atoms with Crippen molar-refractivity contribution < 1.29 is 9.59 Å². The molecule has 0 aromatic heterocycles. The summed E-state index contributed by atoms with van der Waals surface area (Å²) in [4.78, 5) is 21.4. The lowest BCUT2D eigenvalue weighted by molar-refractivity contribution is 0.234. The number of anilines is 1. The van der Waals surface area contributed by atoms with E-state index in [9.17, 15) is 9.59 Å². The highest BCUT2D eigenvalue weighted by Gasteiger charge is 2.03. The Balaban J connectivity index is 2.45. The lowest BCUT2D eigenvalue weighted by Gasteiger charge is -2.05. The van der Waals surface area contributed by atoms with Crippen molar-refractivity contribution in [1.29, 1.82) is 0 Å². The number of rotatable bonds is 2. The van der Waals surface area contributed by atoms with Crippen LogP contribution in [-0.2, 0) is 0 Å². The van der Waals surface area contributed by atoms with E-state index >= 15 is 0 Å². The van der Waals surface area contributed by atoms with Crippen molar-refractivity contribution in [2.75, 3.05) is 5.43 Å². The molecule has 0 spiro atoms. The van der Waals surface area contributed by atoms with Crippen LogP contribution in [0.5, 0.6) is 0 Å². The molecule has 0 heterocycles. The van der Waals surface area contributed by atoms with Crippen LogP contribution in [0.1, 0.15) is 6.92 Å². The molecule has 0 saturated carbocycles. The predicted octanol–water partition coefficient (Wildman–Crippen LogP) is 0.810. The number of carbonyl (C=O) groups is 2. The summed E-state index contributed by atoms with van der Waals surface area (Å²) in [7, 11) is 0. The Morgan fingerprint density at radius 3 is 2.41 bits per heavy atom. The summed E-state index contributed by atoms with van der Waals surface area (Å²) in [6.07, 6.45) is 0. The molecule has 4 amide bonds. The number of primary amides is 1. The molecule has 0 saturated heterocycles. The van der Waals surface area contributed by atoms with E-state index in [4.69, 9.17) is 5.73 Å². The van der Waals surface area contributed by atoms with E-state index in [1.54, 1.807) is 6.92 Å². The van der Waals surface area contributed by atoms with Crippen molar-refractivity contribution >= 4 is 23.6 Å². The molecule has 0 aliphatic rings. The SMILES string of the molecule is C/C(=N/Nc1ccccc1)NC(=O)NC(N)=O. The lowest BCUT2D eigenvalue weighted by atomic mass is 10.3. The highest BCUT2D eigenvalue weighted by Crippen LogP contribution is 2.03. The third-order valence-corrected chi connectivity index (χ3v) is 1.66. The number of nitrogens with two attached hydrogens (primary N) is 1. The summed E-state index contributed by atoms with van der Waals surface area (Å²) in [6.45, 7) is 1.57. The second-order valence-corrected chi connectivity index (χ2v) is 3.12. The Labute approximate surface area is 98.1 Å². The number of amidine groups is 1. The Morgan fingerprint density at radius 1 is 1.18 bits per heavy atom. The van der Waals surface area contributed by atoms with Gasteiger partial charge in [0.05, 0.1) is 5.69 Å². The maximum Gasteiger partial charge on any atom is 0.328 e. The molecule has 0 aliphatic carbocycles. The van der Waals surface area contributed by atoms with Gasteiger partial charge in [-0.2, -0.15) is 5.10 Å². The van der Waals surface area contributed by atoms with Gasteiger partial charge in [-0.1, -0.05) is 18.2 Å². The van der Waals surface area contributed by atoms with Crippen molar-refractivity contribution in [2.45, 2.75) is 6.92 Å². The van der Waals surface area contributed by atoms with E-state index in [-0.39, 0.29) is 0 Å². The highest BCUT2D eigenvalue weighted by atomic mass is 16.2. The zero-order valence-electron chi connectivity index (χ0n) is 9.23. The van der Waals surface area contributed by atoms with E-state index in [1.807, 2.05) is 35.6 Å². The number of benzene rings is 1. The fraction of sp³-hybridized carbons (Fsp3) is 0.100. The molecule has 1 aromatic carbocycles. The Bertz CT molecular complexity index is 430. The van der Waals surface area contributed by atoms with Crippen molar-refractivity contribution in [3.05, 3.63) is 30.3 Å². The molecule has 0 aliphatic heterocycles. The maximum atomic E-state index is 11.0. The fourth-order valence-corrected chi connectivity index (χ4v) is 0.996. The van der Waals surface area contributed by atoms with Crippen LogP contribution in [0.4, 0.5) is 15.3 Å². The number of amides is 4. The smallest absolute Gasteiger partial charge is 0.328 e. The van der Waals surface area contributed by atoms with Crippen LogP contribution < -0.4 is 21.8 Å². The lowest BCUT2D eigenvalue weighted by Crippen LogP contribution is -2.44. The van der Waals surface area contributed by atoms with Gasteiger partial charge < -0.3 is 5.73 Å². The van der Waals surface area contributed by atoms with Crippen LogP contribution in [-0.4, -0.2) is 17.9 Å². The predicted molar refractivity (Wildman–Crippen MR) is 64.4 cm³/mol. The fourth-order valence-electron chi connectivity index (χ4n) is 0.996. The van der Waals surface area contributed by atoms with Gasteiger partial charge in [-0.25, -0.2) is 9.59 Å². The van der Waals surface area contributed by atoms with Gasteiger partial charge in [0, 0.05) is 0 Å². The number of nitrogens with one attached hydrogen (secondary N) is 3. The molecule has 7 nitrogen and oxygen atoms in total. The van der Waals surface area contributed by atoms with Gasteiger partial charge in [0.1, 0.15) is 5.84 Å². The normalized spacial score (nSPS) is 10.5. The van der Waals surface area contributed by atoms with Crippen LogP contribution >= 0.6 is 0 Å². The molecular formula is C10H13N5O2. The van der Waals surface area contributed by atoms with Crippen LogP contribution in [0.2, 0.25) is 0 Å². The molecular weight excluding hydrogens is 222 g/mol. The zero-order valence-corrected chi connectivity index (χ0v) is 9.23. The van der Waals surface area contributed by atoms with Gasteiger partial charge in [0.25, 0.3) is 0 Å². The van der Waals surface area contributed by atoms with Crippen molar-refractivity contribution in [2.24, 2.45) is 10.8 Å². The Hall–Kier alpha value is -2.57. The number of nitrogens with zero attached hydrogens (tertiary/aromatic N) is 1. The first-order valence-electron chi connectivity index (χ1n) is 4.80. The first kappa shape index (κ1) is 12.5. The average Bonchev–Trinajstić information content (AvgIpc) is 2.26. The molecule has 0 fully saturated rings. The molecule has 1 rings (SSSR count). The van der Waals surface area contributed by atoms with Crippen molar-refractivity contribution in [3.8, 4) is 0 Å². The number of hydrazone groups is 1. The second-order valence-electron chi connectivity index (χ2n) is 3.12. The molecule has 0 radical (unpaired) electrons. The monoisotopic (exact) mass is 235 g/mol. The highest BCUT2D eigenvalue weighted by molar-refractivity contribution is 6.02. The number of para-hydroxylation sites is 1. The average molecular weight is 235 g/mol.